The third-order valence-electron chi connectivity index (χ3n) is 7.13. The quantitative estimate of drug-likeness (QED) is 0.691. The third-order valence-corrected chi connectivity index (χ3v) is 7.13. The predicted octanol–water partition coefficient (Wildman–Crippen LogP) is 3.49. The number of carbonyl (C=O) groups is 2. The number of piperidine rings is 2. The van der Waals surface area contributed by atoms with Crippen molar-refractivity contribution < 1.29 is 19.1 Å². The highest BCUT2D eigenvalue weighted by Crippen LogP contribution is 2.39. The van der Waals surface area contributed by atoms with Gasteiger partial charge in [0.15, 0.2) is 6.23 Å². The maximum atomic E-state index is 13.3. The topological polar surface area (TPSA) is 101 Å². The average molecular weight is 483 g/mol. The standard InChI is InChI=1S/C25H34N6O4/c1-17-15-29(24(32)35-23-5-3-4-10-27-23)22-13-18(6-7-21(22)31(17)25(33)34-2)19-14-28-30(16-19)20-8-11-26-12-9-20/h6-7,13-14,16-17,20,23,26-27H,3-5,8-12,15H2,1-2H3/t17-,23?/m0/s1. The van der Waals surface area contributed by atoms with E-state index in [1.54, 1.807) is 9.80 Å². The summed E-state index contributed by atoms with van der Waals surface area (Å²) in [6.07, 6.45) is 7.78. The smallest absolute Gasteiger partial charge is 0.416 e. The number of hydrogen-bond donors (Lipinski definition) is 2. The van der Waals surface area contributed by atoms with Crippen LogP contribution in [0, 0.1) is 0 Å². The van der Waals surface area contributed by atoms with Crippen molar-refractivity contribution in [2.24, 2.45) is 0 Å². The molecule has 35 heavy (non-hydrogen) atoms. The summed E-state index contributed by atoms with van der Waals surface area (Å²) in [5.74, 6) is 0. The van der Waals surface area contributed by atoms with Gasteiger partial charge in [0.25, 0.3) is 0 Å². The summed E-state index contributed by atoms with van der Waals surface area (Å²) in [7, 11) is 1.37. The molecule has 10 heteroatoms. The van der Waals surface area contributed by atoms with Gasteiger partial charge in [-0.1, -0.05) is 6.07 Å². The maximum Gasteiger partial charge on any atom is 0.416 e. The Kier molecular flexibility index (Phi) is 6.92. The van der Waals surface area contributed by atoms with Crippen molar-refractivity contribution in [3.8, 4) is 11.1 Å². The molecule has 2 fully saturated rings. The number of hydrogen-bond acceptors (Lipinski definition) is 7. The second kappa shape index (κ2) is 10.2. The van der Waals surface area contributed by atoms with E-state index in [0.29, 0.717) is 24.0 Å². The summed E-state index contributed by atoms with van der Waals surface area (Å²) in [5, 5.41) is 11.3. The van der Waals surface area contributed by atoms with Crippen LogP contribution >= 0.6 is 0 Å². The van der Waals surface area contributed by atoms with Gasteiger partial charge in [-0.3, -0.25) is 19.8 Å². The van der Waals surface area contributed by atoms with Crippen LogP contribution in [0.4, 0.5) is 21.0 Å². The molecule has 0 saturated carbocycles. The van der Waals surface area contributed by atoms with Crippen molar-refractivity contribution in [2.75, 3.05) is 43.1 Å². The van der Waals surface area contributed by atoms with Gasteiger partial charge in [-0.2, -0.15) is 5.10 Å². The molecule has 0 aliphatic carbocycles. The molecule has 5 rings (SSSR count). The molecule has 188 valence electrons. The minimum Gasteiger partial charge on any atom is -0.452 e. The van der Waals surface area contributed by atoms with E-state index in [0.717, 1.165) is 62.9 Å². The van der Waals surface area contributed by atoms with Crippen molar-refractivity contribution in [3.63, 3.8) is 0 Å². The van der Waals surface area contributed by atoms with E-state index in [-0.39, 0.29) is 12.3 Å². The molecule has 2 aromatic rings. The molecule has 3 aliphatic rings. The number of amides is 2. The van der Waals surface area contributed by atoms with Crippen molar-refractivity contribution in [3.05, 3.63) is 30.6 Å². The summed E-state index contributed by atoms with van der Waals surface area (Å²) in [4.78, 5) is 29.1. The summed E-state index contributed by atoms with van der Waals surface area (Å²) in [5.41, 5.74) is 3.15. The molecular formula is C25H34N6O4. The maximum absolute atomic E-state index is 13.3. The van der Waals surface area contributed by atoms with E-state index in [1.165, 1.54) is 7.11 Å². The molecule has 2 saturated heterocycles. The van der Waals surface area contributed by atoms with Crippen LogP contribution in [0.2, 0.25) is 0 Å². The fourth-order valence-corrected chi connectivity index (χ4v) is 5.22. The normalized spacial score (nSPS) is 23.0. The summed E-state index contributed by atoms with van der Waals surface area (Å²) >= 11 is 0. The Balaban J connectivity index is 1.46. The number of aromatic nitrogens is 2. The van der Waals surface area contributed by atoms with Gasteiger partial charge in [0.1, 0.15) is 0 Å². The molecule has 0 radical (unpaired) electrons. The van der Waals surface area contributed by atoms with Crippen molar-refractivity contribution in [1.29, 1.82) is 0 Å². The number of carbonyl (C=O) groups excluding carboxylic acids is 2. The van der Waals surface area contributed by atoms with Gasteiger partial charge in [-0.25, -0.2) is 9.59 Å². The number of nitrogens with one attached hydrogen (secondary N) is 2. The van der Waals surface area contributed by atoms with E-state index in [4.69, 9.17) is 9.47 Å². The lowest BCUT2D eigenvalue weighted by Crippen LogP contribution is -2.53. The van der Waals surface area contributed by atoms with E-state index < -0.39 is 12.2 Å². The lowest BCUT2D eigenvalue weighted by Gasteiger charge is -2.40. The first-order valence-electron chi connectivity index (χ1n) is 12.5. The number of nitrogens with zero attached hydrogens (tertiary/aromatic N) is 4. The van der Waals surface area contributed by atoms with E-state index in [2.05, 4.69) is 21.9 Å². The highest BCUT2D eigenvalue weighted by Gasteiger charge is 2.37. The summed E-state index contributed by atoms with van der Waals surface area (Å²) in [6, 6.07) is 5.89. The Labute approximate surface area is 205 Å². The first kappa shape index (κ1) is 23.6. The second-order valence-corrected chi connectivity index (χ2v) is 9.52. The number of rotatable bonds is 3. The fraction of sp³-hybridized carbons (Fsp3) is 0.560. The van der Waals surface area contributed by atoms with Gasteiger partial charge in [0.2, 0.25) is 0 Å². The number of anilines is 2. The van der Waals surface area contributed by atoms with Gasteiger partial charge in [-0.05, 0) is 76.4 Å². The third kappa shape index (κ3) is 4.85. The first-order chi connectivity index (χ1) is 17.0. The van der Waals surface area contributed by atoms with Gasteiger partial charge < -0.3 is 14.8 Å². The van der Waals surface area contributed by atoms with Crippen LogP contribution in [0.15, 0.2) is 30.6 Å². The number of benzene rings is 1. The largest absolute Gasteiger partial charge is 0.452 e. The number of methoxy groups -OCH3 is 1. The van der Waals surface area contributed by atoms with Crippen molar-refractivity contribution >= 4 is 23.6 Å². The SMILES string of the molecule is COC(=O)N1c2ccc(-c3cnn(C4CCNCC4)c3)cc2N(C(=O)OC2CCCCN2)C[C@@H]1C. The van der Waals surface area contributed by atoms with E-state index in [1.807, 2.05) is 36.0 Å². The van der Waals surface area contributed by atoms with Gasteiger partial charge >= 0.3 is 12.2 Å². The van der Waals surface area contributed by atoms with Crippen LogP contribution < -0.4 is 20.4 Å². The molecule has 2 atom stereocenters. The molecule has 0 bridgehead atoms. The summed E-state index contributed by atoms with van der Waals surface area (Å²) < 4.78 is 12.9. The van der Waals surface area contributed by atoms with Crippen LogP contribution in [0.5, 0.6) is 0 Å². The Morgan fingerprint density at radius 2 is 1.86 bits per heavy atom. The monoisotopic (exact) mass is 482 g/mol. The molecule has 0 spiro atoms. The number of fused-ring (bicyclic) bond motifs is 1. The average Bonchev–Trinajstić information content (AvgIpc) is 3.39. The van der Waals surface area contributed by atoms with Crippen molar-refractivity contribution in [1.82, 2.24) is 20.4 Å². The van der Waals surface area contributed by atoms with Gasteiger partial charge in [0, 0.05) is 11.8 Å². The van der Waals surface area contributed by atoms with Gasteiger partial charge in [0.05, 0.1) is 43.3 Å². The Morgan fingerprint density at radius 3 is 2.60 bits per heavy atom. The van der Waals surface area contributed by atoms with Crippen LogP contribution in [-0.4, -0.2) is 67.5 Å². The van der Waals surface area contributed by atoms with E-state index in [9.17, 15) is 9.59 Å². The molecule has 2 amide bonds. The minimum atomic E-state index is -0.452. The zero-order valence-corrected chi connectivity index (χ0v) is 20.4. The highest BCUT2D eigenvalue weighted by atomic mass is 16.6. The highest BCUT2D eigenvalue weighted by molar-refractivity contribution is 6.01. The molecule has 1 aromatic carbocycles. The molecule has 2 N–H and O–H groups in total. The van der Waals surface area contributed by atoms with Crippen molar-refractivity contribution in [2.45, 2.75) is 57.3 Å². The lowest BCUT2D eigenvalue weighted by atomic mass is 10.0. The molecule has 10 nitrogen and oxygen atoms in total. The second-order valence-electron chi connectivity index (χ2n) is 9.52. The van der Waals surface area contributed by atoms with Crippen LogP contribution in [0.3, 0.4) is 0 Å². The number of ether oxygens (including phenoxy) is 2. The Morgan fingerprint density at radius 1 is 1.03 bits per heavy atom. The van der Waals surface area contributed by atoms with Crippen LogP contribution in [-0.2, 0) is 9.47 Å². The van der Waals surface area contributed by atoms with E-state index >= 15 is 0 Å². The molecule has 3 aliphatic heterocycles. The fourth-order valence-electron chi connectivity index (χ4n) is 5.22. The molecule has 1 unspecified atom stereocenters. The predicted molar refractivity (Wildman–Crippen MR) is 133 cm³/mol. The van der Waals surface area contributed by atoms with Crippen LogP contribution in [0.1, 0.15) is 45.1 Å². The summed E-state index contributed by atoms with van der Waals surface area (Å²) in [6.45, 7) is 5.04. The van der Waals surface area contributed by atoms with Gasteiger partial charge in [-0.15, -0.1) is 0 Å². The van der Waals surface area contributed by atoms with Crippen LogP contribution in [0.25, 0.3) is 11.1 Å². The molecule has 4 heterocycles. The molecule has 1 aromatic heterocycles. The Bertz CT molecular complexity index is 1060. The first-order valence-corrected chi connectivity index (χ1v) is 12.5. The lowest BCUT2D eigenvalue weighted by molar-refractivity contribution is 0.0659. The zero-order chi connectivity index (χ0) is 24.4. The minimum absolute atomic E-state index is 0.268. The molecular weight excluding hydrogens is 448 g/mol. The zero-order valence-electron chi connectivity index (χ0n) is 20.4. The Hall–Kier alpha value is -3.11.